The van der Waals surface area contributed by atoms with Gasteiger partial charge in [-0.05, 0) is 60.6 Å². The van der Waals surface area contributed by atoms with Crippen molar-refractivity contribution in [3.8, 4) is 11.5 Å². The number of benzene rings is 2. The van der Waals surface area contributed by atoms with E-state index in [9.17, 15) is 4.57 Å². The highest BCUT2D eigenvalue weighted by molar-refractivity contribution is 7.62. The highest BCUT2D eigenvalue weighted by atomic mass is 31.2. The molecule has 0 spiro atoms. The van der Waals surface area contributed by atoms with Crippen molar-refractivity contribution in [2.45, 2.75) is 53.4 Å². The molecule has 0 radical (unpaired) electrons. The molecule has 2 aromatic rings. The highest BCUT2D eigenvalue weighted by Crippen LogP contribution is 2.46. The van der Waals surface area contributed by atoms with Gasteiger partial charge < -0.3 is 18.5 Å². The minimum Gasteiger partial charge on any atom is -0.493 e. The molecule has 5 nitrogen and oxygen atoms in total. The Labute approximate surface area is 181 Å². The molecule has 0 aliphatic heterocycles. The van der Waals surface area contributed by atoms with Gasteiger partial charge in [0.25, 0.3) is 0 Å². The first kappa shape index (κ1) is 24.5. The van der Waals surface area contributed by atoms with E-state index >= 15 is 0 Å². The minimum atomic E-state index is -3.37. The van der Waals surface area contributed by atoms with Crippen molar-refractivity contribution in [3.05, 3.63) is 52.6 Å². The summed E-state index contributed by atoms with van der Waals surface area (Å²) >= 11 is 0. The zero-order valence-corrected chi connectivity index (χ0v) is 20.0. The Morgan fingerprint density at radius 2 is 1.43 bits per heavy atom. The van der Waals surface area contributed by atoms with Crippen LogP contribution in [0.5, 0.6) is 11.5 Å². The van der Waals surface area contributed by atoms with Crippen LogP contribution in [0, 0.1) is 6.92 Å². The van der Waals surface area contributed by atoms with Gasteiger partial charge >= 0.3 is 7.60 Å². The number of aryl methyl sites for hydroxylation is 2. The summed E-state index contributed by atoms with van der Waals surface area (Å²) in [5, 5.41) is 0.534. The van der Waals surface area contributed by atoms with Gasteiger partial charge in [0.1, 0.15) is 11.5 Å². The molecule has 0 heterocycles. The molecule has 0 aliphatic rings. The van der Waals surface area contributed by atoms with Gasteiger partial charge in [0.2, 0.25) is 0 Å². The molecule has 0 unspecified atom stereocenters. The van der Waals surface area contributed by atoms with Crippen molar-refractivity contribution in [1.29, 1.82) is 0 Å². The maximum absolute atomic E-state index is 13.0. The second-order valence-corrected chi connectivity index (χ2v) is 9.49. The van der Waals surface area contributed by atoms with E-state index in [2.05, 4.69) is 39.0 Å². The van der Waals surface area contributed by atoms with Crippen molar-refractivity contribution in [1.82, 2.24) is 0 Å². The first-order chi connectivity index (χ1) is 14.4. The Morgan fingerprint density at radius 3 is 2.00 bits per heavy atom. The number of para-hydroxylation sites is 1. The van der Waals surface area contributed by atoms with Crippen LogP contribution in [0.4, 0.5) is 0 Å². The van der Waals surface area contributed by atoms with Crippen LogP contribution in [-0.4, -0.2) is 27.4 Å². The van der Waals surface area contributed by atoms with Crippen LogP contribution in [0.25, 0.3) is 0 Å². The van der Waals surface area contributed by atoms with Crippen molar-refractivity contribution in [2.75, 3.05) is 27.4 Å². The van der Waals surface area contributed by atoms with E-state index in [4.69, 9.17) is 18.5 Å². The Hall–Kier alpha value is -1.81. The Kier molecular flexibility index (Phi) is 9.41. The second-order valence-electron chi connectivity index (χ2n) is 7.25. The standard InChI is InChI=1S/C24H35O5P/c1-7-13-28-23-18(4)15-22(30(25,26-5)27-6)17-21(23)16-20-12-10-11-19(9-3)24(20)29-14-8-2/h10-12,15,17H,7-9,13-14,16H2,1-6H3. The van der Waals surface area contributed by atoms with Gasteiger partial charge in [0, 0.05) is 20.6 Å². The van der Waals surface area contributed by atoms with Crippen LogP contribution in [0.15, 0.2) is 30.3 Å². The lowest BCUT2D eigenvalue weighted by molar-refractivity contribution is 0.287. The van der Waals surface area contributed by atoms with Gasteiger partial charge in [-0.2, -0.15) is 0 Å². The molecule has 0 atom stereocenters. The lowest BCUT2D eigenvalue weighted by Crippen LogP contribution is -2.13. The molecular weight excluding hydrogens is 399 g/mol. The summed E-state index contributed by atoms with van der Waals surface area (Å²) in [5.74, 6) is 1.76. The van der Waals surface area contributed by atoms with Crippen LogP contribution in [0.1, 0.15) is 55.9 Å². The fourth-order valence-corrected chi connectivity index (χ4v) is 4.70. The molecular formula is C24H35O5P. The number of rotatable bonds is 12. The van der Waals surface area contributed by atoms with E-state index in [-0.39, 0.29) is 0 Å². The van der Waals surface area contributed by atoms with Gasteiger partial charge in [0.05, 0.1) is 18.5 Å². The fraction of sp³-hybridized carbons (Fsp3) is 0.500. The van der Waals surface area contributed by atoms with Crippen LogP contribution < -0.4 is 14.8 Å². The van der Waals surface area contributed by atoms with Gasteiger partial charge in [-0.25, -0.2) is 0 Å². The summed E-state index contributed by atoms with van der Waals surface area (Å²) in [7, 11) is -0.560. The average molecular weight is 435 g/mol. The zero-order valence-electron chi connectivity index (χ0n) is 19.1. The summed E-state index contributed by atoms with van der Waals surface area (Å²) in [6, 6.07) is 9.97. The van der Waals surface area contributed by atoms with Crippen molar-refractivity contribution in [3.63, 3.8) is 0 Å². The van der Waals surface area contributed by atoms with Crippen molar-refractivity contribution in [2.24, 2.45) is 0 Å². The summed E-state index contributed by atoms with van der Waals surface area (Å²) in [6.07, 6.45) is 3.36. The fourth-order valence-electron chi connectivity index (χ4n) is 3.46. The SMILES string of the molecule is CCCOc1c(C)cc(P(=O)(OC)OC)cc1Cc1cccc(CC)c1OCCC. The number of ether oxygens (including phenoxy) is 2. The van der Waals surface area contributed by atoms with E-state index in [0.29, 0.717) is 24.9 Å². The topological polar surface area (TPSA) is 54.0 Å². The zero-order chi connectivity index (χ0) is 22.1. The summed E-state index contributed by atoms with van der Waals surface area (Å²) in [5.41, 5.74) is 4.13. The third kappa shape index (κ3) is 5.66. The Bertz CT molecular complexity index is 870. The quantitative estimate of drug-likeness (QED) is 0.393. The highest BCUT2D eigenvalue weighted by Gasteiger charge is 2.27. The maximum Gasteiger partial charge on any atom is 0.360 e. The van der Waals surface area contributed by atoms with E-state index in [1.54, 1.807) is 0 Å². The first-order valence-corrected chi connectivity index (χ1v) is 12.2. The molecule has 2 rings (SSSR count). The minimum absolute atomic E-state index is 0.534. The normalized spacial score (nSPS) is 11.5. The molecule has 6 heteroatoms. The van der Waals surface area contributed by atoms with Gasteiger partial charge in [-0.3, -0.25) is 4.57 Å². The molecule has 0 aliphatic carbocycles. The first-order valence-electron chi connectivity index (χ1n) is 10.7. The molecule has 0 fully saturated rings. The molecule has 0 saturated carbocycles. The van der Waals surface area contributed by atoms with Crippen LogP contribution in [0.3, 0.4) is 0 Å². The molecule has 2 aromatic carbocycles. The molecule has 0 aromatic heterocycles. The average Bonchev–Trinajstić information content (AvgIpc) is 2.76. The van der Waals surface area contributed by atoms with E-state index in [1.807, 2.05) is 19.1 Å². The van der Waals surface area contributed by atoms with Crippen molar-refractivity contribution >= 4 is 12.9 Å². The van der Waals surface area contributed by atoms with Gasteiger partial charge in [-0.1, -0.05) is 39.0 Å². The summed E-state index contributed by atoms with van der Waals surface area (Å²) in [6.45, 7) is 9.56. The second kappa shape index (κ2) is 11.5. The van der Waals surface area contributed by atoms with Gasteiger partial charge in [0.15, 0.2) is 0 Å². The lowest BCUT2D eigenvalue weighted by Gasteiger charge is -2.21. The third-order valence-electron chi connectivity index (χ3n) is 4.97. The van der Waals surface area contributed by atoms with E-state index in [1.165, 1.54) is 19.8 Å². The third-order valence-corrected chi connectivity index (χ3v) is 6.83. The van der Waals surface area contributed by atoms with E-state index < -0.39 is 7.60 Å². The Morgan fingerprint density at radius 1 is 0.833 bits per heavy atom. The monoisotopic (exact) mass is 434 g/mol. The molecule has 0 amide bonds. The van der Waals surface area contributed by atoms with Gasteiger partial charge in [-0.15, -0.1) is 0 Å². The molecule has 30 heavy (non-hydrogen) atoms. The lowest BCUT2D eigenvalue weighted by atomic mass is 9.98. The number of hydrogen-bond acceptors (Lipinski definition) is 5. The van der Waals surface area contributed by atoms with Crippen LogP contribution in [0.2, 0.25) is 0 Å². The van der Waals surface area contributed by atoms with Crippen LogP contribution in [-0.2, 0) is 26.5 Å². The smallest absolute Gasteiger partial charge is 0.360 e. The molecule has 0 bridgehead atoms. The van der Waals surface area contributed by atoms with Crippen LogP contribution >= 0.6 is 7.60 Å². The summed E-state index contributed by atoms with van der Waals surface area (Å²) in [4.78, 5) is 0. The predicted octanol–water partition coefficient (Wildman–Crippen LogP) is 5.84. The maximum atomic E-state index is 13.0. The largest absolute Gasteiger partial charge is 0.493 e. The number of hydrogen-bond donors (Lipinski definition) is 0. The summed E-state index contributed by atoms with van der Waals surface area (Å²) < 4.78 is 35.7. The molecule has 166 valence electrons. The molecule has 0 N–H and O–H groups in total. The van der Waals surface area contributed by atoms with Crippen molar-refractivity contribution < 1.29 is 23.1 Å². The van der Waals surface area contributed by atoms with E-state index in [0.717, 1.165) is 47.5 Å². The predicted molar refractivity (Wildman–Crippen MR) is 123 cm³/mol. The molecule has 0 saturated heterocycles. The Balaban J connectivity index is 2.59.